The molecule has 2 aromatic rings. The van der Waals surface area contributed by atoms with Gasteiger partial charge in [0.15, 0.2) is 0 Å². The summed E-state index contributed by atoms with van der Waals surface area (Å²) in [5, 5.41) is 3.06. The highest BCUT2D eigenvalue weighted by Crippen LogP contribution is 2.31. The fourth-order valence-corrected chi connectivity index (χ4v) is 4.88. The smallest absolute Gasteiger partial charge is 0.253 e. The molecule has 0 saturated carbocycles. The van der Waals surface area contributed by atoms with E-state index >= 15 is 0 Å². The third-order valence-electron chi connectivity index (χ3n) is 6.68. The molecular formula is C25H32N4O3. The van der Waals surface area contributed by atoms with Gasteiger partial charge in [-0.2, -0.15) is 0 Å². The van der Waals surface area contributed by atoms with Gasteiger partial charge < -0.3 is 19.9 Å². The van der Waals surface area contributed by atoms with E-state index in [2.05, 4.69) is 21.3 Å². The maximum absolute atomic E-state index is 13.3. The Balaban J connectivity index is 1.42. The van der Waals surface area contributed by atoms with Gasteiger partial charge in [-0.3, -0.25) is 14.6 Å². The minimum absolute atomic E-state index is 0.0442. The molecule has 0 radical (unpaired) electrons. The molecular weight excluding hydrogens is 404 g/mol. The molecule has 1 aromatic heterocycles. The second kappa shape index (κ2) is 10.1. The molecule has 1 aliphatic heterocycles. The average Bonchev–Trinajstić information content (AvgIpc) is 2.84. The van der Waals surface area contributed by atoms with E-state index < -0.39 is 0 Å². The second-order valence-corrected chi connectivity index (χ2v) is 8.70. The van der Waals surface area contributed by atoms with Crippen LogP contribution in [0.15, 0.2) is 42.7 Å². The number of rotatable bonds is 6. The Labute approximate surface area is 189 Å². The van der Waals surface area contributed by atoms with E-state index in [0.29, 0.717) is 5.56 Å². The third kappa shape index (κ3) is 4.93. The van der Waals surface area contributed by atoms with E-state index in [4.69, 9.17) is 4.74 Å². The highest BCUT2D eigenvalue weighted by atomic mass is 16.5. The van der Waals surface area contributed by atoms with Gasteiger partial charge in [0.25, 0.3) is 5.91 Å². The molecule has 7 heteroatoms. The normalized spacial score (nSPS) is 18.7. The van der Waals surface area contributed by atoms with Crippen molar-refractivity contribution in [1.29, 1.82) is 0 Å². The Morgan fingerprint density at radius 1 is 1.16 bits per heavy atom. The van der Waals surface area contributed by atoms with Gasteiger partial charge in [-0.05, 0) is 67.5 Å². The van der Waals surface area contributed by atoms with E-state index in [1.807, 2.05) is 48.6 Å². The molecule has 7 nitrogen and oxygen atoms in total. The number of amides is 2. The van der Waals surface area contributed by atoms with Crippen molar-refractivity contribution in [2.24, 2.45) is 0 Å². The molecule has 1 fully saturated rings. The molecule has 1 unspecified atom stereocenters. The number of hydrogen-bond donors (Lipinski definition) is 1. The Morgan fingerprint density at radius 2 is 1.91 bits per heavy atom. The summed E-state index contributed by atoms with van der Waals surface area (Å²) in [6.07, 6.45) is 8.38. The predicted octanol–water partition coefficient (Wildman–Crippen LogP) is 2.96. The lowest BCUT2D eigenvalue weighted by Crippen LogP contribution is -2.45. The van der Waals surface area contributed by atoms with Crippen molar-refractivity contribution in [3.05, 3.63) is 59.4 Å². The van der Waals surface area contributed by atoms with Gasteiger partial charge in [0, 0.05) is 56.9 Å². The summed E-state index contributed by atoms with van der Waals surface area (Å²) in [6, 6.07) is 10.2. The van der Waals surface area contributed by atoms with Crippen molar-refractivity contribution in [3.63, 3.8) is 0 Å². The summed E-state index contributed by atoms with van der Waals surface area (Å²) < 4.78 is 4.95. The van der Waals surface area contributed by atoms with Crippen molar-refractivity contribution in [2.75, 3.05) is 38.8 Å². The zero-order chi connectivity index (χ0) is 22.5. The summed E-state index contributed by atoms with van der Waals surface area (Å²) >= 11 is 0. The monoisotopic (exact) mass is 436 g/mol. The number of ether oxygens (including phenoxy) is 1. The molecule has 2 amide bonds. The number of pyridine rings is 1. The Bertz CT molecular complexity index is 941. The summed E-state index contributed by atoms with van der Waals surface area (Å²) in [7, 11) is 3.43. The number of carbonyl (C=O) groups excluding carboxylic acids is 2. The summed E-state index contributed by atoms with van der Waals surface area (Å²) in [5.74, 6) is -0.0807. The number of methoxy groups -OCH3 is 1. The predicted molar refractivity (Wildman–Crippen MR) is 124 cm³/mol. The first-order chi connectivity index (χ1) is 15.6. The van der Waals surface area contributed by atoms with Crippen LogP contribution in [-0.2, 0) is 16.0 Å². The highest BCUT2D eigenvalue weighted by molar-refractivity contribution is 5.94. The third-order valence-corrected chi connectivity index (χ3v) is 6.68. The number of piperidine rings is 1. The molecule has 0 bridgehead atoms. The number of hydrogen-bond acceptors (Lipinski definition) is 5. The van der Waals surface area contributed by atoms with Gasteiger partial charge in [-0.15, -0.1) is 0 Å². The molecule has 2 heterocycles. The molecule has 1 aliphatic carbocycles. The molecule has 0 spiro atoms. The van der Waals surface area contributed by atoms with E-state index in [1.165, 1.54) is 18.4 Å². The average molecular weight is 437 g/mol. The van der Waals surface area contributed by atoms with Crippen LogP contribution >= 0.6 is 0 Å². The Morgan fingerprint density at radius 3 is 2.62 bits per heavy atom. The van der Waals surface area contributed by atoms with Crippen molar-refractivity contribution in [2.45, 2.75) is 44.2 Å². The lowest BCUT2D eigenvalue weighted by atomic mass is 9.86. The molecule has 170 valence electrons. The topological polar surface area (TPSA) is 74.8 Å². The van der Waals surface area contributed by atoms with E-state index in [1.54, 1.807) is 0 Å². The number of aromatic nitrogens is 1. The zero-order valence-corrected chi connectivity index (χ0v) is 18.9. The summed E-state index contributed by atoms with van der Waals surface area (Å²) in [5.41, 5.74) is 4.15. The first-order valence-electron chi connectivity index (χ1n) is 11.4. The zero-order valence-electron chi connectivity index (χ0n) is 18.9. The standard InChI is InChI=1S/C25H32N4O3/c1-28(20-10-14-29(15-11-20)21-8-12-26-13-9-21)25(31)19-7-6-18-4-3-5-23(22(18)16-19)27-24(30)17-32-2/h6-9,12-13,16,20,23H,3-5,10-11,14-15,17H2,1-2H3,(H,27,30). The SMILES string of the molecule is COCC(=O)NC1CCCc2ccc(C(=O)N(C)C3CCN(c4ccncc4)CC3)cc21. The van der Waals surface area contributed by atoms with E-state index in [9.17, 15) is 9.59 Å². The van der Waals surface area contributed by atoms with Crippen LogP contribution in [0.1, 0.15) is 53.2 Å². The first kappa shape index (κ1) is 22.3. The number of anilines is 1. The largest absolute Gasteiger partial charge is 0.375 e. The molecule has 1 atom stereocenters. The number of carbonyl (C=O) groups is 2. The Hall–Kier alpha value is -2.93. The Kier molecular flexibility index (Phi) is 7.05. The van der Waals surface area contributed by atoms with Crippen molar-refractivity contribution < 1.29 is 14.3 Å². The fraction of sp³-hybridized carbons (Fsp3) is 0.480. The van der Waals surface area contributed by atoms with Crippen LogP contribution in [0.25, 0.3) is 0 Å². The lowest BCUT2D eigenvalue weighted by molar-refractivity contribution is -0.125. The van der Waals surface area contributed by atoms with Gasteiger partial charge in [-0.25, -0.2) is 0 Å². The van der Waals surface area contributed by atoms with Crippen LogP contribution in [0, 0.1) is 0 Å². The quantitative estimate of drug-likeness (QED) is 0.754. The van der Waals surface area contributed by atoms with Crippen LogP contribution in [0.3, 0.4) is 0 Å². The van der Waals surface area contributed by atoms with Crippen LogP contribution in [0.5, 0.6) is 0 Å². The number of fused-ring (bicyclic) bond motifs is 1. The fourth-order valence-electron chi connectivity index (χ4n) is 4.88. The number of aryl methyl sites for hydroxylation is 1. The van der Waals surface area contributed by atoms with Crippen LogP contribution in [-0.4, -0.2) is 61.6 Å². The molecule has 4 rings (SSSR count). The maximum atomic E-state index is 13.3. The van der Waals surface area contributed by atoms with Crippen LogP contribution in [0.2, 0.25) is 0 Å². The molecule has 32 heavy (non-hydrogen) atoms. The van der Waals surface area contributed by atoms with Gasteiger partial charge in [0.1, 0.15) is 6.61 Å². The lowest BCUT2D eigenvalue weighted by Gasteiger charge is -2.38. The van der Waals surface area contributed by atoms with Gasteiger partial charge >= 0.3 is 0 Å². The molecule has 1 N–H and O–H groups in total. The highest BCUT2D eigenvalue weighted by Gasteiger charge is 2.28. The minimum atomic E-state index is -0.125. The van der Waals surface area contributed by atoms with E-state index in [0.717, 1.165) is 50.8 Å². The summed E-state index contributed by atoms with van der Waals surface area (Å²) in [6.45, 7) is 1.89. The summed E-state index contributed by atoms with van der Waals surface area (Å²) in [4.78, 5) is 33.7. The van der Waals surface area contributed by atoms with Crippen molar-refractivity contribution in [3.8, 4) is 0 Å². The number of nitrogens with one attached hydrogen (secondary N) is 1. The second-order valence-electron chi connectivity index (χ2n) is 8.70. The van der Waals surface area contributed by atoms with Gasteiger partial charge in [0.2, 0.25) is 5.91 Å². The molecule has 1 aromatic carbocycles. The van der Waals surface area contributed by atoms with Crippen LogP contribution < -0.4 is 10.2 Å². The molecule has 2 aliphatic rings. The maximum Gasteiger partial charge on any atom is 0.253 e. The van der Waals surface area contributed by atoms with Crippen molar-refractivity contribution in [1.82, 2.24) is 15.2 Å². The first-order valence-corrected chi connectivity index (χ1v) is 11.4. The van der Waals surface area contributed by atoms with Crippen LogP contribution in [0.4, 0.5) is 5.69 Å². The molecule has 1 saturated heterocycles. The van der Waals surface area contributed by atoms with Crippen molar-refractivity contribution >= 4 is 17.5 Å². The van der Waals surface area contributed by atoms with Gasteiger partial charge in [-0.1, -0.05) is 6.07 Å². The minimum Gasteiger partial charge on any atom is -0.375 e. The number of benzene rings is 1. The van der Waals surface area contributed by atoms with E-state index in [-0.39, 0.29) is 30.5 Å². The number of nitrogens with zero attached hydrogens (tertiary/aromatic N) is 3. The van der Waals surface area contributed by atoms with Gasteiger partial charge in [0.05, 0.1) is 6.04 Å².